The first-order chi connectivity index (χ1) is 7.72. The Morgan fingerprint density at radius 2 is 2.50 bits per heavy atom. The number of terminal acetylenes is 1. The van der Waals surface area contributed by atoms with Gasteiger partial charge >= 0.3 is 0 Å². The van der Waals surface area contributed by atoms with Gasteiger partial charge in [0, 0.05) is 13.0 Å². The number of aliphatic hydroxyl groups is 1. The van der Waals surface area contributed by atoms with Crippen molar-refractivity contribution in [3.05, 3.63) is 24.2 Å². The normalized spacial score (nSPS) is 25.1. The minimum absolute atomic E-state index is 0.136. The maximum atomic E-state index is 12.0. The lowest BCUT2D eigenvalue weighted by atomic mass is 9.99. The molecule has 2 heterocycles. The molecule has 1 fully saturated rings. The SMILES string of the molecule is C#CC1CC(O)CCN1C(=O)c1ccoc1. The third kappa shape index (κ3) is 1.95. The summed E-state index contributed by atoms with van der Waals surface area (Å²) in [5.41, 5.74) is 0.497. The Labute approximate surface area is 93.9 Å². The molecule has 1 amide bonds. The Bertz CT molecular complexity index is 404. The van der Waals surface area contributed by atoms with Gasteiger partial charge in [0.25, 0.3) is 5.91 Å². The molecule has 0 radical (unpaired) electrons. The number of furan rings is 1. The van der Waals surface area contributed by atoms with E-state index in [9.17, 15) is 9.90 Å². The van der Waals surface area contributed by atoms with Crippen molar-refractivity contribution in [1.29, 1.82) is 0 Å². The van der Waals surface area contributed by atoms with Gasteiger partial charge in [-0.05, 0) is 12.5 Å². The van der Waals surface area contributed by atoms with Crippen molar-refractivity contribution in [2.24, 2.45) is 0 Å². The first-order valence-corrected chi connectivity index (χ1v) is 5.19. The molecule has 1 aromatic heterocycles. The lowest BCUT2D eigenvalue weighted by molar-refractivity contribution is 0.0437. The number of rotatable bonds is 1. The summed E-state index contributed by atoms with van der Waals surface area (Å²) in [6, 6.07) is 1.28. The van der Waals surface area contributed by atoms with E-state index in [4.69, 9.17) is 10.8 Å². The molecular weight excluding hydrogens is 206 g/mol. The third-order valence-corrected chi connectivity index (χ3v) is 2.80. The molecule has 1 saturated heterocycles. The standard InChI is InChI=1S/C12H13NO3/c1-2-10-7-11(14)3-5-13(10)12(15)9-4-6-16-8-9/h1,4,6,8,10-11,14H,3,5,7H2. The van der Waals surface area contributed by atoms with Crippen LogP contribution in [0.5, 0.6) is 0 Å². The Hall–Kier alpha value is -1.73. The topological polar surface area (TPSA) is 53.7 Å². The van der Waals surface area contributed by atoms with Crippen molar-refractivity contribution in [2.45, 2.75) is 25.0 Å². The van der Waals surface area contributed by atoms with Crippen LogP contribution in [0.4, 0.5) is 0 Å². The second-order valence-electron chi connectivity index (χ2n) is 3.87. The quantitative estimate of drug-likeness (QED) is 0.713. The molecule has 1 aliphatic heterocycles. The summed E-state index contributed by atoms with van der Waals surface area (Å²) in [7, 11) is 0. The second kappa shape index (κ2) is 4.42. The van der Waals surface area contributed by atoms with Gasteiger partial charge in [0.1, 0.15) is 6.26 Å². The van der Waals surface area contributed by atoms with E-state index in [1.165, 1.54) is 12.5 Å². The average molecular weight is 219 g/mol. The maximum absolute atomic E-state index is 12.0. The van der Waals surface area contributed by atoms with E-state index in [1.807, 2.05) is 0 Å². The number of aliphatic hydroxyl groups excluding tert-OH is 1. The number of carbonyl (C=O) groups is 1. The monoisotopic (exact) mass is 219 g/mol. The van der Waals surface area contributed by atoms with Gasteiger partial charge in [-0.25, -0.2) is 0 Å². The van der Waals surface area contributed by atoms with Crippen molar-refractivity contribution < 1.29 is 14.3 Å². The van der Waals surface area contributed by atoms with Crippen LogP contribution in [0.2, 0.25) is 0 Å². The van der Waals surface area contributed by atoms with E-state index in [1.54, 1.807) is 11.0 Å². The Balaban J connectivity index is 2.14. The zero-order chi connectivity index (χ0) is 11.5. The highest BCUT2D eigenvalue weighted by Crippen LogP contribution is 2.19. The fourth-order valence-electron chi connectivity index (χ4n) is 1.90. The minimum Gasteiger partial charge on any atom is -0.472 e. The molecule has 4 nitrogen and oxygen atoms in total. The predicted octanol–water partition coefficient (Wildman–Crippen LogP) is 0.878. The van der Waals surface area contributed by atoms with Crippen molar-refractivity contribution in [1.82, 2.24) is 4.90 Å². The van der Waals surface area contributed by atoms with E-state index in [0.717, 1.165) is 0 Å². The minimum atomic E-state index is -0.408. The summed E-state index contributed by atoms with van der Waals surface area (Å²) < 4.78 is 4.87. The highest BCUT2D eigenvalue weighted by molar-refractivity contribution is 5.94. The van der Waals surface area contributed by atoms with E-state index in [0.29, 0.717) is 24.9 Å². The van der Waals surface area contributed by atoms with Gasteiger partial charge in [0.05, 0.1) is 24.0 Å². The lowest BCUT2D eigenvalue weighted by Crippen LogP contribution is -2.46. The summed E-state index contributed by atoms with van der Waals surface area (Å²) in [6.07, 6.45) is 8.84. The van der Waals surface area contributed by atoms with Gasteiger partial charge in [-0.3, -0.25) is 4.79 Å². The molecule has 16 heavy (non-hydrogen) atoms. The predicted molar refractivity (Wildman–Crippen MR) is 57.6 cm³/mol. The fourth-order valence-corrected chi connectivity index (χ4v) is 1.90. The van der Waals surface area contributed by atoms with Gasteiger partial charge in [-0.1, -0.05) is 5.92 Å². The van der Waals surface area contributed by atoms with Crippen molar-refractivity contribution in [3.63, 3.8) is 0 Å². The van der Waals surface area contributed by atoms with Crippen molar-refractivity contribution in [3.8, 4) is 12.3 Å². The molecule has 1 aliphatic rings. The number of hydrogen-bond donors (Lipinski definition) is 1. The van der Waals surface area contributed by atoms with Gasteiger partial charge in [0.15, 0.2) is 0 Å². The maximum Gasteiger partial charge on any atom is 0.258 e. The van der Waals surface area contributed by atoms with Gasteiger partial charge in [-0.2, -0.15) is 0 Å². The summed E-state index contributed by atoms with van der Waals surface area (Å²) in [5.74, 6) is 2.41. The second-order valence-corrected chi connectivity index (χ2v) is 3.87. The Kier molecular flexibility index (Phi) is 2.97. The van der Waals surface area contributed by atoms with E-state index < -0.39 is 6.10 Å². The number of piperidine rings is 1. The molecule has 2 atom stereocenters. The molecule has 2 unspecified atom stereocenters. The molecule has 84 valence electrons. The van der Waals surface area contributed by atoms with Crippen LogP contribution in [0, 0.1) is 12.3 Å². The summed E-state index contributed by atoms with van der Waals surface area (Å²) in [4.78, 5) is 13.6. The van der Waals surface area contributed by atoms with Crippen LogP contribution in [0.1, 0.15) is 23.2 Å². The fraction of sp³-hybridized carbons (Fsp3) is 0.417. The van der Waals surface area contributed by atoms with Crippen LogP contribution in [-0.2, 0) is 0 Å². The molecule has 1 aromatic rings. The lowest BCUT2D eigenvalue weighted by Gasteiger charge is -2.34. The van der Waals surface area contributed by atoms with Crippen LogP contribution in [-0.4, -0.2) is 34.6 Å². The van der Waals surface area contributed by atoms with Crippen molar-refractivity contribution >= 4 is 5.91 Å². The molecular formula is C12H13NO3. The number of carbonyl (C=O) groups excluding carboxylic acids is 1. The summed E-state index contributed by atoms with van der Waals surface area (Å²) in [5, 5.41) is 9.49. The zero-order valence-electron chi connectivity index (χ0n) is 8.80. The van der Waals surface area contributed by atoms with Crippen LogP contribution >= 0.6 is 0 Å². The van der Waals surface area contributed by atoms with E-state index >= 15 is 0 Å². The molecule has 4 heteroatoms. The first kappa shape index (κ1) is 10.8. The van der Waals surface area contributed by atoms with Crippen molar-refractivity contribution in [2.75, 3.05) is 6.54 Å². The number of hydrogen-bond acceptors (Lipinski definition) is 3. The van der Waals surface area contributed by atoms with Gasteiger partial charge in [-0.15, -0.1) is 6.42 Å². The highest BCUT2D eigenvalue weighted by atomic mass is 16.3. The van der Waals surface area contributed by atoms with Gasteiger partial charge in [0.2, 0.25) is 0 Å². The summed E-state index contributed by atoms with van der Waals surface area (Å²) >= 11 is 0. The molecule has 2 rings (SSSR count). The van der Waals surface area contributed by atoms with Crippen LogP contribution in [0.15, 0.2) is 23.0 Å². The highest BCUT2D eigenvalue weighted by Gasteiger charge is 2.30. The molecule has 0 bridgehead atoms. The molecule has 1 N–H and O–H groups in total. The summed E-state index contributed by atoms with van der Waals surface area (Å²) in [6.45, 7) is 0.486. The van der Waals surface area contributed by atoms with E-state index in [-0.39, 0.29) is 11.9 Å². The molecule has 0 aromatic carbocycles. The van der Waals surface area contributed by atoms with Crippen LogP contribution in [0.3, 0.4) is 0 Å². The van der Waals surface area contributed by atoms with E-state index in [2.05, 4.69) is 5.92 Å². The Morgan fingerprint density at radius 1 is 1.69 bits per heavy atom. The van der Waals surface area contributed by atoms with Crippen LogP contribution < -0.4 is 0 Å². The largest absolute Gasteiger partial charge is 0.472 e. The number of amides is 1. The molecule has 0 aliphatic carbocycles. The number of likely N-dealkylation sites (tertiary alicyclic amines) is 1. The number of nitrogens with zero attached hydrogens (tertiary/aromatic N) is 1. The third-order valence-electron chi connectivity index (χ3n) is 2.80. The zero-order valence-corrected chi connectivity index (χ0v) is 8.80. The molecule has 0 spiro atoms. The first-order valence-electron chi connectivity index (χ1n) is 5.19. The molecule has 0 saturated carbocycles. The Morgan fingerprint density at radius 3 is 3.12 bits per heavy atom. The van der Waals surface area contributed by atoms with Gasteiger partial charge < -0.3 is 14.4 Å². The average Bonchev–Trinajstić information content (AvgIpc) is 2.81. The smallest absolute Gasteiger partial charge is 0.258 e. The van der Waals surface area contributed by atoms with Crippen LogP contribution in [0.25, 0.3) is 0 Å².